The Morgan fingerprint density at radius 3 is 2.33 bits per heavy atom. The highest BCUT2D eigenvalue weighted by atomic mass is 16.2. The number of fused-ring (bicyclic) bond motifs is 1. The summed E-state index contributed by atoms with van der Waals surface area (Å²) in [5.41, 5.74) is 5.48. The van der Waals surface area contributed by atoms with E-state index in [1.165, 1.54) is 30.4 Å². The van der Waals surface area contributed by atoms with E-state index in [1.54, 1.807) is 4.68 Å². The number of nitrogens with one attached hydrogen (secondary N) is 1. The maximum atomic E-state index is 13.1. The molecule has 3 aromatic rings. The molecule has 0 bridgehead atoms. The molecular weight excluding hydrogens is 412 g/mol. The summed E-state index contributed by atoms with van der Waals surface area (Å²) in [6, 6.07) is 16.9. The molecule has 1 aliphatic carbocycles. The smallest absolute Gasteiger partial charge is 0.251 e. The van der Waals surface area contributed by atoms with E-state index < -0.39 is 0 Å². The average Bonchev–Trinajstić information content (AvgIpc) is 3.31. The highest BCUT2D eigenvalue weighted by Crippen LogP contribution is 2.36. The Hall–Kier alpha value is -3.48. The third-order valence-corrected chi connectivity index (χ3v) is 6.63. The largest absolute Gasteiger partial charge is 0.352 e. The van der Waals surface area contributed by atoms with Gasteiger partial charge >= 0.3 is 0 Å². The molecule has 1 N–H and O–H groups in total. The van der Waals surface area contributed by atoms with Crippen molar-refractivity contribution in [3.63, 3.8) is 0 Å². The zero-order chi connectivity index (χ0) is 22.8. The summed E-state index contributed by atoms with van der Waals surface area (Å²) in [6.45, 7) is 4.33. The van der Waals surface area contributed by atoms with E-state index >= 15 is 0 Å². The van der Waals surface area contributed by atoms with E-state index in [1.807, 2.05) is 4.90 Å². The van der Waals surface area contributed by atoms with Crippen molar-refractivity contribution >= 4 is 17.6 Å². The van der Waals surface area contributed by atoms with Crippen LogP contribution in [0.2, 0.25) is 0 Å². The van der Waals surface area contributed by atoms with Gasteiger partial charge in [0.15, 0.2) is 0 Å². The van der Waals surface area contributed by atoms with Crippen molar-refractivity contribution in [3.05, 3.63) is 76.9 Å². The summed E-state index contributed by atoms with van der Waals surface area (Å²) < 4.78 is 1.80. The maximum Gasteiger partial charge on any atom is 0.251 e. The second-order valence-corrected chi connectivity index (χ2v) is 9.19. The first kappa shape index (κ1) is 21.4. The van der Waals surface area contributed by atoms with Gasteiger partial charge in [-0.15, -0.1) is 0 Å². The Morgan fingerprint density at radius 1 is 0.970 bits per heavy atom. The van der Waals surface area contributed by atoms with Crippen LogP contribution in [0.25, 0.3) is 5.70 Å². The van der Waals surface area contributed by atoms with Crippen molar-refractivity contribution < 1.29 is 4.79 Å². The number of aryl methyl sites for hydroxylation is 2. The fraction of sp³-hybridized carbons (Fsp3) is 0.385. The van der Waals surface area contributed by atoms with Gasteiger partial charge in [0.1, 0.15) is 12.6 Å². The molecule has 33 heavy (non-hydrogen) atoms. The van der Waals surface area contributed by atoms with Gasteiger partial charge in [0.05, 0.1) is 5.70 Å². The number of tetrazole rings is 1. The van der Waals surface area contributed by atoms with E-state index in [0.29, 0.717) is 5.95 Å². The van der Waals surface area contributed by atoms with Crippen molar-refractivity contribution in [1.82, 2.24) is 25.5 Å². The van der Waals surface area contributed by atoms with Crippen LogP contribution in [0.1, 0.15) is 60.4 Å². The minimum Gasteiger partial charge on any atom is -0.352 e. The van der Waals surface area contributed by atoms with Gasteiger partial charge in [0, 0.05) is 6.04 Å². The van der Waals surface area contributed by atoms with Gasteiger partial charge in [0.25, 0.3) is 5.95 Å². The van der Waals surface area contributed by atoms with Gasteiger partial charge in [-0.1, -0.05) is 84.0 Å². The molecule has 2 aromatic carbocycles. The molecule has 0 radical (unpaired) electrons. The standard InChI is InChI=1S/C26H30N6O/c1-18-8-12-20(13-9-18)23-16-24(21-14-10-19(2)11-15-21)32-26(28-29-30-32)31(23)17-25(33)27-22-6-4-3-5-7-22/h8-16,22,24H,3-7,17H2,1-2H3,(H,27,33)/t24-/m1/s1. The Labute approximate surface area is 194 Å². The summed E-state index contributed by atoms with van der Waals surface area (Å²) in [5.74, 6) is 0.584. The first-order chi connectivity index (χ1) is 16.1. The minimum absolute atomic E-state index is 0.00301. The molecule has 2 heterocycles. The number of hydrogen-bond donors (Lipinski definition) is 1. The summed E-state index contributed by atoms with van der Waals surface area (Å²) >= 11 is 0. The Kier molecular flexibility index (Phi) is 5.94. The molecule has 0 unspecified atom stereocenters. The van der Waals surface area contributed by atoms with E-state index in [0.717, 1.165) is 29.7 Å². The Bertz CT molecular complexity index is 1140. The van der Waals surface area contributed by atoms with E-state index in [2.05, 4.69) is 89.3 Å². The lowest BCUT2D eigenvalue weighted by Crippen LogP contribution is -2.44. The van der Waals surface area contributed by atoms with Crippen LogP contribution < -0.4 is 10.2 Å². The first-order valence-corrected chi connectivity index (χ1v) is 11.8. The van der Waals surface area contributed by atoms with Crippen LogP contribution in [0.5, 0.6) is 0 Å². The van der Waals surface area contributed by atoms with Crippen molar-refractivity contribution in [2.24, 2.45) is 0 Å². The summed E-state index contributed by atoms with van der Waals surface area (Å²) in [4.78, 5) is 15.0. The lowest BCUT2D eigenvalue weighted by atomic mass is 9.95. The van der Waals surface area contributed by atoms with Crippen molar-refractivity contribution in [2.75, 3.05) is 11.4 Å². The van der Waals surface area contributed by atoms with Gasteiger partial charge < -0.3 is 5.32 Å². The number of carbonyl (C=O) groups is 1. The quantitative estimate of drug-likeness (QED) is 0.641. The molecule has 0 spiro atoms. The van der Waals surface area contributed by atoms with Crippen LogP contribution in [0.15, 0.2) is 54.6 Å². The molecule has 2 aliphatic rings. The third-order valence-electron chi connectivity index (χ3n) is 6.63. The molecule has 1 aliphatic heterocycles. The van der Waals surface area contributed by atoms with Crippen LogP contribution in [0.4, 0.5) is 5.95 Å². The molecular formula is C26H30N6O. The number of anilines is 1. The zero-order valence-electron chi connectivity index (χ0n) is 19.2. The second-order valence-electron chi connectivity index (χ2n) is 9.19. The lowest BCUT2D eigenvalue weighted by molar-refractivity contribution is -0.120. The number of benzene rings is 2. The molecule has 7 nitrogen and oxygen atoms in total. The van der Waals surface area contributed by atoms with Gasteiger partial charge in [0.2, 0.25) is 5.91 Å². The summed E-state index contributed by atoms with van der Waals surface area (Å²) in [7, 11) is 0. The molecule has 1 fully saturated rings. The maximum absolute atomic E-state index is 13.1. The van der Waals surface area contributed by atoms with E-state index in [9.17, 15) is 4.79 Å². The van der Waals surface area contributed by atoms with Gasteiger partial charge in [-0.2, -0.15) is 4.68 Å². The number of aromatic nitrogens is 4. The molecule has 1 saturated carbocycles. The monoisotopic (exact) mass is 442 g/mol. The number of nitrogens with zero attached hydrogens (tertiary/aromatic N) is 5. The average molecular weight is 443 g/mol. The number of hydrogen-bond acceptors (Lipinski definition) is 5. The van der Waals surface area contributed by atoms with Crippen LogP contribution in [-0.4, -0.2) is 38.7 Å². The number of allylic oxidation sites excluding steroid dienone is 1. The molecule has 0 saturated heterocycles. The predicted molar refractivity (Wildman–Crippen MR) is 129 cm³/mol. The highest BCUT2D eigenvalue weighted by Gasteiger charge is 2.32. The first-order valence-electron chi connectivity index (χ1n) is 11.8. The summed E-state index contributed by atoms with van der Waals surface area (Å²) in [5, 5.41) is 15.8. The Balaban J connectivity index is 1.50. The minimum atomic E-state index is -0.149. The zero-order valence-corrected chi connectivity index (χ0v) is 19.2. The van der Waals surface area contributed by atoms with E-state index in [-0.39, 0.29) is 24.5 Å². The fourth-order valence-electron chi connectivity index (χ4n) is 4.76. The summed E-state index contributed by atoms with van der Waals surface area (Å²) in [6.07, 6.45) is 7.89. The van der Waals surface area contributed by atoms with Crippen molar-refractivity contribution in [3.8, 4) is 0 Å². The molecule has 5 rings (SSSR count). The molecule has 1 amide bonds. The number of amides is 1. The molecule has 7 heteroatoms. The Morgan fingerprint density at radius 2 is 1.64 bits per heavy atom. The number of carbonyl (C=O) groups excluding carboxylic acids is 1. The fourth-order valence-corrected chi connectivity index (χ4v) is 4.76. The third kappa shape index (κ3) is 4.53. The van der Waals surface area contributed by atoms with Gasteiger partial charge in [-0.05, 0) is 54.3 Å². The van der Waals surface area contributed by atoms with Gasteiger partial charge in [-0.25, -0.2) is 0 Å². The van der Waals surface area contributed by atoms with Crippen LogP contribution in [0.3, 0.4) is 0 Å². The van der Waals surface area contributed by atoms with E-state index in [4.69, 9.17) is 0 Å². The predicted octanol–water partition coefficient (Wildman–Crippen LogP) is 4.19. The molecule has 170 valence electrons. The molecule has 1 atom stereocenters. The lowest BCUT2D eigenvalue weighted by Gasteiger charge is -2.33. The van der Waals surface area contributed by atoms with Crippen molar-refractivity contribution in [1.29, 1.82) is 0 Å². The van der Waals surface area contributed by atoms with Gasteiger partial charge in [-0.3, -0.25) is 9.69 Å². The SMILES string of the molecule is Cc1ccc(C2=C[C@H](c3ccc(C)cc3)n3nnnc3N2CC(=O)NC2CCCCC2)cc1. The van der Waals surface area contributed by atoms with Crippen LogP contribution in [-0.2, 0) is 4.79 Å². The van der Waals surface area contributed by atoms with Crippen LogP contribution >= 0.6 is 0 Å². The van der Waals surface area contributed by atoms with Crippen molar-refractivity contribution in [2.45, 2.75) is 58.0 Å². The normalized spacial score (nSPS) is 18.5. The van der Waals surface area contributed by atoms with Crippen LogP contribution in [0, 0.1) is 13.8 Å². The topological polar surface area (TPSA) is 75.9 Å². The number of rotatable bonds is 5. The molecule has 1 aromatic heterocycles. The highest BCUT2D eigenvalue weighted by molar-refractivity contribution is 5.89. The second kappa shape index (κ2) is 9.17.